The van der Waals surface area contributed by atoms with Crippen LogP contribution in [0.15, 0.2) is 18.2 Å². The topological polar surface area (TPSA) is 94.1 Å². The molecule has 0 saturated heterocycles. The molecule has 10 heteroatoms. The quantitative estimate of drug-likeness (QED) is 0.393. The molecule has 0 amide bonds. The number of anilines is 3. The SMILES string of the molecule is Nc1ccc([N+](=O)[O-])c(Nc2c(F)c(F)cc(F)c2F)n1. The van der Waals surface area contributed by atoms with E-state index < -0.39 is 45.4 Å². The summed E-state index contributed by atoms with van der Waals surface area (Å²) in [7, 11) is 0. The molecule has 0 atom stereocenters. The fourth-order valence-corrected chi connectivity index (χ4v) is 1.51. The van der Waals surface area contributed by atoms with Crippen LogP contribution in [0.25, 0.3) is 0 Å². The maximum absolute atomic E-state index is 13.5. The third-order valence-corrected chi connectivity index (χ3v) is 2.45. The van der Waals surface area contributed by atoms with Gasteiger partial charge in [0.05, 0.1) is 4.92 Å². The number of nitrogens with one attached hydrogen (secondary N) is 1. The van der Waals surface area contributed by atoms with Crippen LogP contribution in [0.3, 0.4) is 0 Å². The summed E-state index contributed by atoms with van der Waals surface area (Å²) in [6.45, 7) is 0. The van der Waals surface area contributed by atoms with Crippen LogP contribution in [-0.2, 0) is 0 Å². The van der Waals surface area contributed by atoms with Crippen molar-refractivity contribution in [2.75, 3.05) is 11.1 Å². The van der Waals surface area contributed by atoms with Gasteiger partial charge in [0, 0.05) is 12.1 Å². The largest absolute Gasteiger partial charge is 0.384 e. The number of nitrogens with two attached hydrogens (primary N) is 1. The Morgan fingerprint density at radius 1 is 1.14 bits per heavy atom. The Morgan fingerprint density at radius 2 is 1.71 bits per heavy atom. The minimum Gasteiger partial charge on any atom is -0.384 e. The Balaban J connectivity index is 2.58. The van der Waals surface area contributed by atoms with Crippen LogP contribution in [0.1, 0.15) is 0 Å². The molecule has 2 rings (SSSR count). The molecular weight excluding hydrogens is 296 g/mol. The minimum absolute atomic E-state index is 0.0110. The number of nitrogen functional groups attached to an aromatic ring is 1. The van der Waals surface area contributed by atoms with E-state index in [0.717, 1.165) is 12.1 Å². The molecule has 110 valence electrons. The van der Waals surface area contributed by atoms with Gasteiger partial charge in [-0.1, -0.05) is 0 Å². The molecule has 0 spiro atoms. The number of halogens is 4. The van der Waals surface area contributed by atoms with E-state index in [1.165, 1.54) is 0 Å². The molecule has 0 radical (unpaired) electrons. The molecule has 0 bridgehead atoms. The van der Waals surface area contributed by atoms with Gasteiger partial charge in [0.25, 0.3) is 0 Å². The monoisotopic (exact) mass is 302 g/mol. The van der Waals surface area contributed by atoms with Crippen LogP contribution in [0, 0.1) is 33.4 Å². The van der Waals surface area contributed by atoms with Gasteiger partial charge < -0.3 is 11.1 Å². The zero-order valence-corrected chi connectivity index (χ0v) is 10.0. The van der Waals surface area contributed by atoms with Crippen molar-refractivity contribution in [2.24, 2.45) is 0 Å². The van der Waals surface area contributed by atoms with E-state index >= 15 is 0 Å². The fourth-order valence-electron chi connectivity index (χ4n) is 1.51. The van der Waals surface area contributed by atoms with Crippen molar-refractivity contribution >= 4 is 23.0 Å². The number of rotatable bonds is 3. The molecule has 0 fully saturated rings. The van der Waals surface area contributed by atoms with Crippen LogP contribution in [0.4, 0.5) is 40.6 Å². The summed E-state index contributed by atoms with van der Waals surface area (Å²) < 4.78 is 53.1. The average Bonchev–Trinajstić information content (AvgIpc) is 2.41. The Kier molecular flexibility index (Phi) is 3.61. The Hall–Kier alpha value is -2.91. The average molecular weight is 302 g/mol. The lowest BCUT2D eigenvalue weighted by molar-refractivity contribution is -0.384. The predicted molar refractivity (Wildman–Crippen MR) is 64.9 cm³/mol. The van der Waals surface area contributed by atoms with Crippen molar-refractivity contribution in [3.63, 3.8) is 0 Å². The molecule has 6 nitrogen and oxygen atoms in total. The smallest absolute Gasteiger partial charge is 0.311 e. The van der Waals surface area contributed by atoms with E-state index in [0.29, 0.717) is 0 Å². The molecule has 1 heterocycles. The zero-order chi connectivity index (χ0) is 15.7. The second-order valence-corrected chi connectivity index (χ2v) is 3.83. The number of pyridine rings is 1. The van der Waals surface area contributed by atoms with Crippen LogP contribution in [0.2, 0.25) is 0 Å². The molecular formula is C11H6F4N4O2. The maximum atomic E-state index is 13.5. The highest BCUT2D eigenvalue weighted by Crippen LogP contribution is 2.31. The van der Waals surface area contributed by atoms with E-state index in [1.807, 2.05) is 5.32 Å². The number of aromatic nitrogens is 1. The van der Waals surface area contributed by atoms with Gasteiger partial charge in [0.2, 0.25) is 5.82 Å². The number of nitrogens with zero attached hydrogens (tertiary/aromatic N) is 2. The third-order valence-electron chi connectivity index (χ3n) is 2.45. The summed E-state index contributed by atoms with van der Waals surface area (Å²) in [5.41, 5.74) is 3.39. The lowest BCUT2D eigenvalue weighted by Gasteiger charge is -2.10. The van der Waals surface area contributed by atoms with Crippen LogP contribution in [0.5, 0.6) is 0 Å². The lowest BCUT2D eigenvalue weighted by Crippen LogP contribution is -2.07. The van der Waals surface area contributed by atoms with Gasteiger partial charge >= 0.3 is 5.69 Å². The molecule has 0 unspecified atom stereocenters. The van der Waals surface area contributed by atoms with Gasteiger partial charge in [0.15, 0.2) is 23.3 Å². The highest BCUT2D eigenvalue weighted by molar-refractivity contribution is 5.68. The summed E-state index contributed by atoms with van der Waals surface area (Å²) in [4.78, 5) is 13.4. The Labute approximate surface area is 114 Å². The first kappa shape index (κ1) is 14.5. The first-order valence-corrected chi connectivity index (χ1v) is 5.32. The molecule has 0 aliphatic rings. The first-order chi connectivity index (χ1) is 9.81. The molecule has 1 aromatic heterocycles. The first-order valence-electron chi connectivity index (χ1n) is 5.32. The van der Waals surface area contributed by atoms with Gasteiger partial charge in [-0.2, -0.15) is 0 Å². The summed E-state index contributed by atoms with van der Waals surface area (Å²) >= 11 is 0. The standard InChI is InChI=1S/C11H6F4N4O2/c12-4-3-5(13)9(15)10(8(4)14)18-11-6(19(20)21)1-2-7(16)17-11/h1-3H,(H3,16,17,18). The molecule has 0 aliphatic heterocycles. The van der Waals surface area contributed by atoms with Gasteiger partial charge in [0.1, 0.15) is 11.5 Å². The molecule has 21 heavy (non-hydrogen) atoms. The molecule has 3 N–H and O–H groups in total. The molecule has 2 aromatic rings. The van der Waals surface area contributed by atoms with Crippen molar-refractivity contribution in [3.05, 3.63) is 51.6 Å². The van der Waals surface area contributed by atoms with E-state index in [2.05, 4.69) is 4.98 Å². The second-order valence-electron chi connectivity index (χ2n) is 3.83. The van der Waals surface area contributed by atoms with E-state index in [9.17, 15) is 27.7 Å². The number of hydrogen-bond acceptors (Lipinski definition) is 5. The van der Waals surface area contributed by atoms with Gasteiger partial charge in [-0.05, 0) is 6.07 Å². The van der Waals surface area contributed by atoms with Crippen molar-refractivity contribution < 1.29 is 22.5 Å². The summed E-state index contributed by atoms with van der Waals surface area (Å²) in [6, 6.07) is 2.02. The summed E-state index contributed by atoms with van der Waals surface area (Å²) in [6.07, 6.45) is 0. The normalized spacial score (nSPS) is 10.5. The van der Waals surface area contributed by atoms with Crippen LogP contribution >= 0.6 is 0 Å². The van der Waals surface area contributed by atoms with Gasteiger partial charge in [-0.25, -0.2) is 22.5 Å². The zero-order valence-electron chi connectivity index (χ0n) is 10.0. The van der Waals surface area contributed by atoms with Crippen molar-refractivity contribution in [1.82, 2.24) is 4.98 Å². The Bertz CT molecular complexity index is 712. The van der Waals surface area contributed by atoms with Gasteiger partial charge in [-0.15, -0.1) is 0 Å². The summed E-state index contributed by atoms with van der Waals surface area (Å²) in [5.74, 6) is -7.66. The van der Waals surface area contributed by atoms with E-state index in [-0.39, 0.29) is 11.9 Å². The maximum Gasteiger partial charge on any atom is 0.311 e. The van der Waals surface area contributed by atoms with Crippen molar-refractivity contribution in [2.45, 2.75) is 0 Å². The van der Waals surface area contributed by atoms with Crippen molar-refractivity contribution in [1.29, 1.82) is 0 Å². The highest BCUT2D eigenvalue weighted by Gasteiger charge is 2.23. The molecule has 1 aromatic carbocycles. The van der Waals surface area contributed by atoms with Crippen LogP contribution < -0.4 is 11.1 Å². The summed E-state index contributed by atoms with van der Waals surface area (Å²) in [5, 5.41) is 12.6. The lowest BCUT2D eigenvalue weighted by atomic mass is 10.2. The fraction of sp³-hybridized carbons (Fsp3) is 0. The molecule has 0 aliphatic carbocycles. The van der Waals surface area contributed by atoms with Crippen molar-refractivity contribution in [3.8, 4) is 0 Å². The number of hydrogen-bond donors (Lipinski definition) is 2. The number of nitro groups is 1. The highest BCUT2D eigenvalue weighted by atomic mass is 19.2. The van der Waals surface area contributed by atoms with Gasteiger partial charge in [-0.3, -0.25) is 10.1 Å². The molecule has 0 saturated carbocycles. The predicted octanol–water partition coefficient (Wildman–Crippen LogP) is 2.87. The minimum atomic E-state index is -1.74. The van der Waals surface area contributed by atoms with Crippen LogP contribution in [-0.4, -0.2) is 9.91 Å². The second kappa shape index (κ2) is 5.23. The number of benzene rings is 1. The third kappa shape index (κ3) is 2.68. The Morgan fingerprint density at radius 3 is 2.24 bits per heavy atom. The van der Waals surface area contributed by atoms with E-state index in [4.69, 9.17) is 5.73 Å². The van der Waals surface area contributed by atoms with E-state index in [1.54, 1.807) is 0 Å².